The number of aromatic nitrogens is 1. The van der Waals surface area contributed by atoms with E-state index >= 15 is 0 Å². The van der Waals surface area contributed by atoms with Crippen molar-refractivity contribution in [3.8, 4) is 0 Å². The Balaban J connectivity index is 2.29. The fraction of sp³-hybridized carbons (Fsp3) is 0.200. The Morgan fingerprint density at radius 2 is 2.11 bits per heavy atom. The predicted octanol–water partition coefficient (Wildman–Crippen LogP) is 2.90. The van der Waals surface area contributed by atoms with Gasteiger partial charge in [-0.1, -0.05) is 24.3 Å². The highest BCUT2D eigenvalue weighted by Gasteiger charge is 2.14. The maximum absolute atomic E-state index is 11.4. The molecule has 1 amide bonds. The van der Waals surface area contributed by atoms with Crippen molar-refractivity contribution in [2.24, 2.45) is 5.73 Å². The normalized spacial score (nSPS) is 14.8. The second-order valence-electron chi connectivity index (χ2n) is 4.56. The molecule has 1 heterocycles. The van der Waals surface area contributed by atoms with Crippen molar-refractivity contribution in [3.63, 3.8) is 0 Å². The molecule has 3 rings (SSSR count). The number of carbonyl (C=O) groups excluding carboxylic acids is 1. The van der Waals surface area contributed by atoms with Gasteiger partial charge in [0.15, 0.2) is 0 Å². The van der Waals surface area contributed by atoms with E-state index in [9.17, 15) is 4.79 Å². The van der Waals surface area contributed by atoms with Crippen molar-refractivity contribution in [3.05, 3.63) is 47.7 Å². The van der Waals surface area contributed by atoms with Crippen molar-refractivity contribution in [2.75, 3.05) is 0 Å². The minimum Gasteiger partial charge on any atom is -0.364 e. The van der Waals surface area contributed by atoms with E-state index in [4.69, 9.17) is 5.73 Å². The van der Waals surface area contributed by atoms with Crippen LogP contribution in [0.2, 0.25) is 0 Å². The second-order valence-corrected chi connectivity index (χ2v) is 4.56. The Bertz CT molecular complexity index is 659. The molecule has 0 atom stereocenters. The Morgan fingerprint density at radius 3 is 2.83 bits per heavy atom. The molecule has 3 nitrogen and oxygen atoms in total. The summed E-state index contributed by atoms with van der Waals surface area (Å²) in [5.74, 6) is -0.472. The highest BCUT2D eigenvalue weighted by Crippen LogP contribution is 2.32. The number of allylic oxidation sites excluding steroid dienone is 2. The van der Waals surface area contributed by atoms with Gasteiger partial charge < -0.3 is 5.73 Å². The number of carbonyl (C=O) groups is 1. The maximum Gasteiger partial charge on any atom is 0.267 e. The van der Waals surface area contributed by atoms with Crippen LogP contribution in [0.15, 0.2) is 36.4 Å². The van der Waals surface area contributed by atoms with E-state index in [1.165, 1.54) is 12.0 Å². The second kappa shape index (κ2) is 4.26. The van der Waals surface area contributed by atoms with Gasteiger partial charge in [-0.3, -0.25) is 4.79 Å². The zero-order chi connectivity index (χ0) is 12.5. The number of hydrogen-bond acceptors (Lipinski definition) is 2. The van der Waals surface area contributed by atoms with Crippen molar-refractivity contribution >= 4 is 22.4 Å². The third-order valence-electron chi connectivity index (χ3n) is 3.36. The summed E-state index contributed by atoms with van der Waals surface area (Å²) in [5.41, 5.74) is 8.93. The fourth-order valence-corrected chi connectivity index (χ4v) is 2.48. The molecule has 2 N–H and O–H groups in total. The molecule has 0 unspecified atom stereocenters. The molecule has 0 spiro atoms. The highest BCUT2D eigenvalue weighted by atomic mass is 16.1. The van der Waals surface area contributed by atoms with Gasteiger partial charge in [-0.05, 0) is 42.5 Å². The molecular weight excluding hydrogens is 224 g/mol. The molecule has 1 aromatic heterocycles. The summed E-state index contributed by atoms with van der Waals surface area (Å²) in [7, 11) is 0. The molecule has 90 valence electrons. The first-order valence-corrected chi connectivity index (χ1v) is 6.15. The van der Waals surface area contributed by atoms with Crippen LogP contribution in [0, 0.1) is 0 Å². The van der Waals surface area contributed by atoms with Crippen LogP contribution >= 0.6 is 0 Å². The van der Waals surface area contributed by atoms with E-state index in [2.05, 4.69) is 11.1 Å². The van der Waals surface area contributed by atoms with Gasteiger partial charge >= 0.3 is 0 Å². The molecule has 0 bridgehead atoms. The van der Waals surface area contributed by atoms with Crippen LogP contribution in [-0.4, -0.2) is 10.9 Å². The number of nitrogens with two attached hydrogens (primary N) is 1. The van der Waals surface area contributed by atoms with Gasteiger partial charge in [0.25, 0.3) is 5.91 Å². The lowest BCUT2D eigenvalue weighted by Gasteiger charge is -2.09. The summed E-state index contributed by atoms with van der Waals surface area (Å²) < 4.78 is 0. The van der Waals surface area contributed by atoms with Gasteiger partial charge in [-0.2, -0.15) is 0 Å². The van der Waals surface area contributed by atoms with Crippen LogP contribution in [0.5, 0.6) is 0 Å². The molecule has 0 radical (unpaired) electrons. The summed E-state index contributed by atoms with van der Waals surface area (Å²) in [6, 6.07) is 9.70. The third-order valence-corrected chi connectivity index (χ3v) is 3.36. The number of benzene rings is 1. The minimum atomic E-state index is -0.472. The molecule has 0 fully saturated rings. The van der Waals surface area contributed by atoms with E-state index in [0.29, 0.717) is 5.69 Å². The smallest absolute Gasteiger partial charge is 0.267 e. The van der Waals surface area contributed by atoms with Gasteiger partial charge in [0.1, 0.15) is 5.69 Å². The molecule has 1 aliphatic rings. The zero-order valence-corrected chi connectivity index (χ0v) is 10.0. The topological polar surface area (TPSA) is 56.0 Å². The minimum absolute atomic E-state index is 0.344. The SMILES string of the molecule is NC(=O)c1cc(C2=CCCC2)c2ccccc2n1. The molecule has 0 saturated heterocycles. The number of primary amides is 1. The Labute approximate surface area is 105 Å². The fourth-order valence-electron chi connectivity index (χ4n) is 2.48. The lowest BCUT2D eigenvalue weighted by atomic mass is 9.99. The maximum atomic E-state index is 11.4. The number of amides is 1. The van der Waals surface area contributed by atoms with Crippen LogP contribution < -0.4 is 5.73 Å². The lowest BCUT2D eigenvalue weighted by Crippen LogP contribution is -2.13. The van der Waals surface area contributed by atoms with Gasteiger partial charge in [0.05, 0.1) is 5.52 Å². The molecule has 1 aromatic carbocycles. The quantitative estimate of drug-likeness (QED) is 0.874. The number of para-hydroxylation sites is 1. The van der Waals surface area contributed by atoms with Gasteiger partial charge in [-0.15, -0.1) is 0 Å². The first kappa shape index (κ1) is 11.0. The number of fused-ring (bicyclic) bond motifs is 1. The number of rotatable bonds is 2. The van der Waals surface area contributed by atoms with Crippen molar-refractivity contribution < 1.29 is 4.79 Å². The predicted molar refractivity (Wildman–Crippen MR) is 72.1 cm³/mol. The van der Waals surface area contributed by atoms with E-state index in [-0.39, 0.29) is 0 Å². The monoisotopic (exact) mass is 238 g/mol. The Hall–Kier alpha value is -2.16. The van der Waals surface area contributed by atoms with E-state index in [1.807, 2.05) is 30.3 Å². The molecular formula is C15H14N2O. The first-order valence-electron chi connectivity index (χ1n) is 6.15. The Kier molecular flexibility index (Phi) is 2.59. The third kappa shape index (κ3) is 1.78. The van der Waals surface area contributed by atoms with Crippen LogP contribution in [0.4, 0.5) is 0 Å². The number of hydrogen-bond donors (Lipinski definition) is 1. The summed E-state index contributed by atoms with van der Waals surface area (Å²) in [6.45, 7) is 0. The van der Waals surface area contributed by atoms with Gasteiger partial charge in [-0.25, -0.2) is 4.98 Å². The van der Waals surface area contributed by atoms with Crippen LogP contribution in [0.25, 0.3) is 16.5 Å². The van der Waals surface area contributed by atoms with Crippen molar-refractivity contribution in [2.45, 2.75) is 19.3 Å². The van der Waals surface area contributed by atoms with E-state index < -0.39 is 5.91 Å². The first-order chi connectivity index (χ1) is 8.75. The summed E-state index contributed by atoms with van der Waals surface area (Å²) in [4.78, 5) is 15.7. The number of pyridine rings is 1. The summed E-state index contributed by atoms with van der Waals surface area (Å²) >= 11 is 0. The highest BCUT2D eigenvalue weighted by molar-refractivity contribution is 5.98. The molecule has 3 heteroatoms. The lowest BCUT2D eigenvalue weighted by molar-refractivity contribution is 0.0996. The summed E-state index contributed by atoms with van der Waals surface area (Å²) in [5, 5.41) is 1.09. The van der Waals surface area contributed by atoms with Crippen molar-refractivity contribution in [1.29, 1.82) is 0 Å². The standard InChI is InChI=1S/C15H14N2O/c16-15(18)14-9-12(10-5-1-2-6-10)11-7-3-4-8-13(11)17-14/h3-5,7-9H,1-2,6H2,(H2,16,18). The van der Waals surface area contributed by atoms with Gasteiger partial charge in [0.2, 0.25) is 0 Å². The Morgan fingerprint density at radius 1 is 1.28 bits per heavy atom. The molecule has 0 saturated carbocycles. The average Bonchev–Trinajstić information content (AvgIpc) is 2.91. The zero-order valence-electron chi connectivity index (χ0n) is 10.0. The van der Waals surface area contributed by atoms with Crippen LogP contribution in [0.3, 0.4) is 0 Å². The molecule has 18 heavy (non-hydrogen) atoms. The van der Waals surface area contributed by atoms with E-state index in [1.54, 1.807) is 0 Å². The molecule has 0 aliphatic heterocycles. The number of nitrogens with zero attached hydrogens (tertiary/aromatic N) is 1. The molecule has 1 aliphatic carbocycles. The van der Waals surface area contributed by atoms with Crippen LogP contribution in [0.1, 0.15) is 35.3 Å². The average molecular weight is 238 g/mol. The van der Waals surface area contributed by atoms with Crippen molar-refractivity contribution in [1.82, 2.24) is 4.98 Å². The van der Waals surface area contributed by atoms with E-state index in [0.717, 1.165) is 29.3 Å². The molecule has 2 aromatic rings. The summed E-state index contributed by atoms with van der Waals surface area (Å²) in [6.07, 6.45) is 5.59. The van der Waals surface area contributed by atoms with Gasteiger partial charge in [0, 0.05) is 5.39 Å². The largest absolute Gasteiger partial charge is 0.364 e. The van der Waals surface area contributed by atoms with Crippen LogP contribution in [-0.2, 0) is 0 Å².